The predicted octanol–water partition coefficient (Wildman–Crippen LogP) is 1.15. The Kier molecular flexibility index (Phi) is 3.70. The lowest BCUT2D eigenvalue weighted by Gasteiger charge is -2.30. The Labute approximate surface area is 96.0 Å². The van der Waals surface area contributed by atoms with Gasteiger partial charge in [0.2, 0.25) is 0 Å². The first-order chi connectivity index (χ1) is 7.41. The highest BCUT2D eigenvalue weighted by Gasteiger charge is 2.36. The molecule has 1 atom stereocenters. The minimum Gasteiger partial charge on any atom is -0.385 e. The largest absolute Gasteiger partial charge is 0.385 e. The summed E-state index contributed by atoms with van der Waals surface area (Å²) in [5.74, 6) is 0.358. The van der Waals surface area contributed by atoms with Gasteiger partial charge in [-0.3, -0.25) is 0 Å². The SMILES string of the molecule is C=CCN1C(=O)N=C(N)C1CC(C)(C)OC. The molecule has 0 spiro atoms. The van der Waals surface area contributed by atoms with Crippen molar-refractivity contribution in [1.82, 2.24) is 4.90 Å². The number of carbonyl (C=O) groups is 1. The van der Waals surface area contributed by atoms with Crippen molar-refractivity contribution in [2.75, 3.05) is 13.7 Å². The summed E-state index contributed by atoms with van der Waals surface area (Å²) in [5, 5.41) is 0. The Morgan fingerprint density at radius 3 is 2.81 bits per heavy atom. The third kappa shape index (κ3) is 2.61. The first kappa shape index (κ1) is 12.7. The highest BCUT2D eigenvalue weighted by Crippen LogP contribution is 2.23. The van der Waals surface area contributed by atoms with E-state index in [1.54, 1.807) is 18.1 Å². The lowest BCUT2D eigenvalue weighted by molar-refractivity contribution is 0.00602. The van der Waals surface area contributed by atoms with Crippen molar-refractivity contribution >= 4 is 11.9 Å². The van der Waals surface area contributed by atoms with E-state index in [0.29, 0.717) is 18.8 Å². The van der Waals surface area contributed by atoms with Crippen LogP contribution in [0, 0.1) is 0 Å². The van der Waals surface area contributed by atoms with Crippen LogP contribution in [0.1, 0.15) is 20.3 Å². The molecule has 2 amide bonds. The molecule has 0 aliphatic carbocycles. The van der Waals surface area contributed by atoms with Gasteiger partial charge in [-0.05, 0) is 13.8 Å². The molecule has 90 valence electrons. The van der Waals surface area contributed by atoms with Crippen molar-refractivity contribution in [3.05, 3.63) is 12.7 Å². The molecule has 2 N–H and O–H groups in total. The molecule has 1 rings (SSSR count). The van der Waals surface area contributed by atoms with Crippen LogP contribution < -0.4 is 5.73 Å². The standard InChI is InChI=1S/C11H19N3O2/c1-5-6-14-8(7-11(2,3)16-4)9(12)13-10(14)15/h5,8H,1,6-7H2,2-4H3,(H2,12,13,15). The summed E-state index contributed by atoms with van der Waals surface area (Å²) in [5.41, 5.74) is 5.41. The molecule has 5 nitrogen and oxygen atoms in total. The summed E-state index contributed by atoms with van der Waals surface area (Å²) in [4.78, 5) is 16.9. The second-order valence-corrected chi connectivity index (χ2v) is 4.44. The Bertz CT molecular complexity index is 323. The Morgan fingerprint density at radius 1 is 1.69 bits per heavy atom. The molecule has 0 fully saturated rings. The van der Waals surface area contributed by atoms with Crippen molar-refractivity contribution in [2.45, 2.75) is 31.9 Å². The van der Waals surface area contributed by atoms with Crippen LogP contribution in [-0.2, 0) is 4.74 Å². The summed E-state index contributed by atoms with van der Waals surface area (Å²) in [6.07, 6.45) is 2.29. The van der Waals surface area contributed by atoms with Crippen LogP contribution >= 0.6 is 0 Å². The summed E-state index contributed by atoms with van der Waals surface area (Å²) in [6.45, 7) is 7.98. The molecule has 0 saturated carbocycles. The van der Waals surface area contributed by atoms with E-state index in [-0.39, 0.29) is 17.7 Å². The van der Waals surface area contributed by atoms with E-state index >= 15 is 0 Å². The third-order valence-electron chi connectivity index (χ3n) is 2.75. The average Bonchev–Trinajstić information content (AvgIpc) is 2.45. The molecule has 1 aliphatic heterocycles. The molecular formula is C11H19N3O2. The maximum Gasteiger partial charge on any atom is 0.346 e. The van der Waals surface area contributed by atoms with Gasteiger partial charge in [-0.25, -0.2) is 4.79 Å². The second kappa shape index (κ2) is 4.65. The molecule has 0 radical (unpaired) electrons. The van der Waals surface area contributed by atoms with Gasteiger partial charge in [0.15, 0.2) is 0 Å². The molecule has 0 saturated heterocycles. The molecular weight excluding hydrogens is 206 g/mol. The highest BCUT2D eigenvalue weighted by atomic mass is 16.5. The lowest BCUT2D eigenvalue weighted by Crippen LogP contribution is -2.45. The van der Waals surface area contributed by atoms with Crippen LogP contribution in [0.25, 0.3) is 0 Å². The number of carbonyl (C=O) groups excluding carboxylic acids is 1. The first-order valence-corrected chi connectivity index (χ1v) is 5.22. The first-order valence-electron chi connectivity index (χ1n) is 5.22. The summed E-state index contributed by atoms with van der Waals surface area (Å²) in [7, 11) is 1.64. The Hall–Kier alpha value is -1.36. The number of nitrogens with two attached hydrogens (primary N) is 1. The lowest BCUT2D eigenvalue weighted by atomic mass is 9.97. The number of urea groups is 1. The highest BCUT2D eigenvalue weighted by molar-refractivity contribution is 6.02. The van der Waals surface area contributed by atoms with E-state index in [4.69, 9.17) is 10.5 Å². The van der Waals surface area contributed by atoms with E-state index in [0.717, 1.165) is 0 Å². The van der Waals surface area contributed by atoms with Crippen LogP contribution in [0.5, 0.6) is 0 Å². The number of amidine groups is 1. The van der Waals surface area contributed by atoms with Gasteiger partial charge in [0.05, 0.1) is 11.6 Å². The quantitative estimate of drug-likeness (QED) is 0.714. The molecule has 5 heteroatoms. The van der Waals surface area contributed by atoms with E-state index in [9.17, 15) is 4.79 Å². The summed E-state index contributed by atoms with van der Waals surface area (Å²) >= 11 is 0. The number of hydrogen-bond acceptors (Lipinski definition) is 3. The molecule has 0 aromatic heterocycles. The fraction of sp³-hybridized carbons (Fsp3) is 0.636. The summed E-state index contributed by atoms with van der Waals surface area (Å²) < 4.78 is 5.34. The van der Waals surface area contributed by atoms with E-state index in [1.807, 2.05) is 13.8 Å². The van der Waals surface area contributed by atoms with Gasteiger partial charge in [-0.2, -0.15) is 4.99 Å². The van der Waals surface area contributed by atoms with Crippen LogP contribution in [0.3, 0.4) is 0 Å². The average molecular weight is 225 g/mol. The fourth-order valence-corrected chi connectivity index (χ4v) is 1.65. The molecule has 0 aromatic rings. The van der Waals surface area contributed by atoms with Gasteiger partial charge >= 0.3 is 6.03 Å². The van der Waals surface area contributed by atoms with Crippen LogP contribution in [0.15, 0.2) is 17.6 Å². The monoisotopic (exact) mass is 225 g/mol. The zero-order chi connectivity index (χ0) is 12.3. The third-order valence-corrected chi connectivity index (χ3v) is 2.75. The van der Waals surface area contributed by atoms with Gasteiger partial charge in [0, 0.05) is 20.1 Å². The van der Waals surface area contributed by atoms with Crippen molar-refractivity contribution in [2.24, 2.45) is 10.7 Å². The van der Waals surface area contributed by atoms with Crippen molar-refractivity contribution in [3.63, 3.8) is 0 Å². The fourth-order valence-electron chi connectivity index (χ4n) is 1.65. The minimum absolute atomic E-state index is 0.194. The number of rotatable bonds is 5. The number of amides is 2. The topological polar surface area (TPSA) is 67.9 Å². The molecule has 1 unspecified atom stereocenters. The van der Waals surface area contributed by atoms with E-state index in [1.165, 1.54) is 0 Å². The van der Waals surface area contributed by atoms with Gasteiger partial charge in [-0.1, -0.05) is 6.08 Å². The molecule has 1 heterocycles. The molecule has 1 aliphatic rings. The summed E-state index contributed by atoms with van der Waals surface area (Å²) in [6, 6.07) is -0.491. The van der Waals surface area contributed by atoms with Gasteiger partial charge < -0.3 is 15.4 Å². The maximum absolute atomic E-state index is 11.5. The zero-order valence-electron chi connectivity index (χ0n) is 10.1. The molecule has 0 aromatic carbocycles. The minimum atomic E-state index is -0.338. The number of nitrogens with zero attached hydrogens (tertiary/aromatic N) is 2. The number of aliphatic imine (C=N–C) groups is 1. The van der Waals surface area contributed by atoms with Gasteiger partial charge in [0.1, 0.15) is 5.84 Å². The predicted molar refractivity (Wildman–Crippen MR) is 63.4 cm³/mol. The van der Waals surface area contributed by atoms with Crippen LogP contribution in [-0.4, -0.2) is 42.1 Å². The van der Waals surface area contributed by atoms with E-state index < -0.39 is 0 Å². The molecule has 0 bridgehead atoms. The van der Waals surface area contributed by atoms with E-state index in [2.05, 4.69) is 11.6 Å². The number of hydrogen-bond donors (Lipinski definition) is 1. The van der Waals surface area contributed by atoms with Crippen molar-refractivity contribution < 1.29 is 9.53 Å². The van der Waals surface area contributed by atoms with Crippen molar-refractivity contribution in [3.8, 4) is 0 Å². The van der Waals surface area contributed by atoms with Gasteiger partial charge in [-0.15, -0.1) is 6.58 Å². The number of methoxy groups -OCH3 is 1. The molecule has 16 heavy (non-hydrogen) atoms. The van der Waals surface area contributed by atoms with Crippen molar-refractivity contribution in [1.29, 1.82) is 0 Å². The Balaban J connectivity index is 2.80. The van der Waals surface area contributed by atoms with Crippen LogP contribution in [0.4, 0.5) is 4.79 Å². The zero-order valence-corrected chi connectivity index (χ0v) is 10.1. The normalized spacial score (nSPS) is 21.2. The second-order valence-electron chi connectivity index (χ2n) is 4.44. The van der Waals surface area contributed by atoms with Gasteiger partial charge in [0.25, 0.3) is 0 Å². The maximum atomic E-state index is 11.5. The van der Waals surface area contributed by atoms with Crippen LogP contribution in [0.2, 0.25) is 0 Å². The smallest absolute Gasteiger partial charge is 0.346 e. The number of ether oxygens (including phenoxy) is 1. The Morgan fingerprint density at radius 2 is 2.31 bits per heavy atom.